The molecular weight excluding hydrogens is 288 g/mol. The summed E-state index contributed by atoms with van der Waals surface area (Å²) in [4.78, 5) is 20.2. The molecule has 0 atom stereocenters. The number of rotatable bonds is 1. The number of aromatic nitrogens is 4. The maximum Gasteiger partial charge on any atom is 0.257 e. The number of aromatic amines is 1. The van der Waals surface area contributed by atoms with E-state index in [4.69, 9.17) is 0 Å². The van der Waals surface area contributed by atoms with Gasteiger partial charge in [-0.3, -0.25) is 4.79 Å². The van der Waals surface area contributed by atoms with Gasteiger partial charge in [-0.1, -0.05) is 30.4 Å². The lowest BCUT2D eigenvalue weighted by atomic mass is 10.1. The first-order chi connectivity index (χ1) is 11.1. The second-order valence-electron chi connectivity index (χ2n) is 5.72. The van der Waals surface area contributed by atoms with E-state index >= 15 is 0 Å². The minimum Gasteiger partial charge on any atom is -0.306 e. The average molecular weight is 304 g/mol. The molecule has 3 aromatic rings. The quantitative estimate of drug-likeness (QED) is 0.751. The van der Waals surface area contributed by atoms with Crippen molar-refractivity contribution in [2.24, 2.45) is 0 Å². The minimum absolute atomic E-state index is 0.122. The molecule has 23 heavy (non-hydrogen) atoms. The number of fused-ring (bicyclic) bond motifs is 3. The highest BCUT2D eigenvalue weighted by Crippen LogP contribution is 2.21. The van der Waals surface area contributed by atoms with E-state index < -0.39 is 0 Å². The summed E-state index contributed by atoms with van der Waals surface area (Å²) in [6, 6.07) is 3.81. The highest BCUT2D eigenvalue weighted by Gasteiger charge is 2.13. The van der Waals surface area contributed by atoms with Gasteiger partial charge in [0.05, 0.1) is 11.4 Å². The second-order valence-corrected chi connectivity index (χ2v) is 5.72. The molecule has 0 bridgehead atoms. The average Bonchev–Trinajstić information content (AvgIpc) is 2.73. The fraction of sp³-hybridized carbons (Fsp3) is 0.167. The highest BCUT2D eigenvalue weighted by molar-refractivity contribution is 5.86. The van der Waals surface area contributed by atoms with E-state index in [1.807, 2.05) is 50.3 Å². The Kier molecular flexibility index (Phi) is 3.01. The zero-order valence-electron chi connectivity index (χ0n) is 13.0. The minimum atomic E-state index is -0.122. The first-order valence-corrected chi connectivity index (χ1v) is 7.57. The number of allylic oxidation sites excluding steroid dienone is 6. The fourth-order valence-corrected chi connectivity index (χ4v) is 2.90. The molecule has 0 radical (unpaired) electrons. The zero-order chi connectivity index (χ0) is 16.0. The second kappa shape index (κ2) is 5.05. The monoisotopic (exact) mass is 304 g/mol. The van der Waals surface area contributed by atoms with Crippen LogP contribution in [0.25, 0.3) is 22.3 Å². The smallest absolute Gasteiger partial charge is 0.257 e. The molecule has 3 aromatic heterocycles. The first kappa shape index (κ1) is 13.7. The van der Waals surface area contributed by atoms with Crippen LogP contribution in [0.2, 0.25) is 0 Å². The molecule has 0 fully saturated rings. The third-order valence-corrected chi connectivity index (χ3v) is 4.01. The van der Waals surface area contributed by atoms with E-state index in [-0.39, 0.29) is 5.56 Å². The topological polar surface area (TPSA) is 63.0 Å². The predicted molar refractivity (Wildman–Crippen MR) is 91.5 cm³/mol. The Hall–Kier alpha value is -2.95. The van der Waals surface area contributed by atoms with Crippen molar-refractivity contribution in [1.82, 2.24) is 19.6 Å². The van der Waals surface area contributed by atoms with Gasteiger partial charge in [-0.25, -0.2) is 4.98 Å². The van der Waals surface area contributed by atoms with Crippen LogP contribution >= 0.6 is 0 Å². The van der Waals surface area contributed by atoms with Crippen LogP contribution in [0.5, 0.6) is 0 Å². The maximum absolute atomic E-state index is 12.6. The van der Waals surface area contributed by atoms with Gasteiger partial charge >= 0.3 is 0 Å². The van der Waals surface area contributed by atoms with Crippen molar-refractivity contribution in [1.29, 1.82) is 0 Å². The largest absolute Gasteiger partial charge is 0.306 e. The number of nitrogens with one attached hydrogen (secondary N) is 1. The van der Waals surface area contributed by atoms with Gasteiger partial charge in [0.15, 0.2) is 5.65 Å². The summed E-state index contributed by atoms with van der Waals surface area (Å²) < 4.78 is 1.69. The number of nitrogens with zero attached hydrogens (tertiary/aromatic N) is 3. The van der Waals surface area contributed by atoms with E-state index in [1.54, 1.807) is 4.52 Å². The molecule has 0 unspecified atom stereocenters. The zero-order valence-corrected chi connectivity index (χ0v) is 13.0. The predicted octanol–water partition coefficient (Wildman–Crippen LogP) is 3.09. The van der Waals surface area contributed by atoms with Crippen molar-refractivity contribution < 1.29 is 0 Å². The van der Waals surface area contributed by atoms with E-state index in [0.29, 0.717) is 11.2 Å². The molecule has 0 amide bonds. The van der Waals surface area contributed by atoms with Crippen LogP contribution in [0.1, 0.15) is 23.4 Å². The highest BCUT2D eigenvalue weighted by atomic mass is 16.1. The molecule has 5 nitrogen and oxygen atoms in total. The number of aryl methyl sites for hydroxylation is 2. The van der Waals surface area contributed by atoms with Gasteiger partial charge in [0.1, 0.15) is 5.65 Å². The Morgan fingerprint density at radius 3 is 2.96 bits per heavy atom. The SMILES string of the molecule is Cc1cc2nc(C)c3cc(C4=CC=CCC=C4)c(=O)[nH]c3n2n1. The molecule has 0 saturated heterocycles. The van der Waals surface area contributed by atoms with Crippen LogP contribution in [0.15, 0.2) is 47.3 Å². The number of hydrogen-bond acceptors (Lipinski definition) is 3. The third-order valence-electron chi connectivity index (χ3n) is 4.01. The van der Waals surface area contributed by atoms with E-state index in [0.717, 1.165) is 34.4 Å². The number of hydrogen-bond donors (Lipinski definition) is 1. The van der Waals surface area contributed by atoms with Gasteiger partial charge in [-0.05, 0) is 31.9 Å². The van der Waals surface area contributed by atoms with E-state index in [1.165, 1.54) is 0 Å². The van der Waals surface area contributed by atoms with Crippen LogP contribution in [0, 0.1) is 13.8 Å². The van der Waals surface area contributed by atoms with Crippen LogP contribution < -0.4 is 5.56 Å². The third kappa shape index (κ3) is 2.21. The van der Waals surface area contributed by atoms with Crippen molar-refractivity contribution in [3.05, 3.63) is 69.8 Å². The van der Waals surface area contributed by atoms with Crippen molar-refractivity contribution in [3.8, 4) is 0 Å². The Labute approximate surface area is 132 Å². The number of pyridine rings is 1. The molecule has 0 aromatic carbocycles. The fourth-order valence-electron chi connectivity index (χ4n) is 2.90. The summed E-state index contributed by atoms with van der Waals surface area (Å²) >= 11 is 0. The van der Waals surface area contributed by atoms with Crippen molar-refractivity contribution >= 4 is 22.3 Å². The lowest BCUT2D eigenvalue weighted by molar-refractivity contribution is 0.929. The Balaban J connectivity index is 2.06. The van der Waals surface area contributed by atoms with Crippen LogP contribution in [-0.2, 0) is 0 Å². The summed E-state index contributed by atoms with van der Waals surface area (Å²) in [5, 5.41) is 5.33. The molecule has 1 N–H and O–H groups in total. The number of H-pyrrole nitrogens is 1. The Morgan fingerprint density at radius 1 is 1.22 bits per heavy atom. The van der Waals surface area contributed by atoms with Crippen LogP contribution in [-0.4, -0.2) is 19.6 Å². The van der Waals surface area contributed by atoms with Gasteiger partial charge in [0.25, 0.3) is 5.56 Å². The summed E-state index contributed by atoms with van der Waals surface area (Å²) in [5.74, 6) is 0. The van der Waals surface area contributed by atoms with Crippen LogP contribution in [0.4, 0.5) is 0 Å². The summed E-state index contributed by atoms with van der Waals surface area (Å²) in [7, 11) is 0. The first-order valence-electron chi connectivity index (χ1n) is 7.57. The Bertz CT molecular complexity index is 1080. The van der Waals surface area contributed by atoms with Gasteiger partial charge < -0.3 is 4.98 Å². The summed E-state index contributed by atoms with van der Waals surface area (Å²) in [6.07, 6.45) is 10.9. The molecule has 0 aliphatic heterocycles. The van der Waals surface area contributed by atoms with Gasteiger partial charge in [-0.2, -0.15) is 9.61 Å². The van der Waals surface area contributed by atoms with Crippen molar-refractivity contribution in [2.75, 3.05) is 0 Å². The maximum atomic E-state index is 12.6. The van der Waals surface area contributed by atoms with Gasteiger partial charge in [0.2, 0.25) is 0 Å². The molecular formula is C18H16N4O. The molecule has 114 valence electrons. The molecule has 5 heteroatoms. The van der Waals surface area contributed by atoms with Gasteiger partial charge in [-0.15, -0.1) is 0 Å². The van der Waals surface area contributed by atoms with E-state index in [2.05, 4.69) is 21.1 Å². The van der Waals surface area contributed by atoms with E-state index in [9.17, 15) is 4.79 Å². The molecule has 4 rings (SSSR count). The normalized spacial score (nSPS) is 14.4. The summed E-state index contributed by atoms with van der Waals surface area (Å²) in [6.45, 7) is 3.86. The molecule has 1 aliphatic rings. The molecule has 1 aliphatic carbocycles. The lowest BCUT2D eigenvalue weighted by Gasteiger charge is -2.07. The molecule has 0 saturated carbocycles. The molecule has 0 spiro atoms. The molecule has 3 heterocycles. The van der Waals surface area contributed by atoms with Gasteiger partial charge in [0, 0.05) is 17.0 Å². The van der Waals surface area contributed by atoms with Crippen molar-refractivity contribution in [3.63, 3.8) is 0 Å². The Morgan fingerprint density at radius 2 is 2.09 bits per heavy atom. The lowest BCUT2D eigenvalue weighted by Crippen LogP contribution is -2.14. The summed E-state index contributed by atoms with van der Waals surface area (Å²) in [5.41, 5.74) is 4.60. The standard InChI is InChI=1S/C18H16N4O/c1-11-9-16-19-12(2)14-10-15(13-7-5-3-4-6-8-13)18(23)20-17(14)22(16)21-11/h3,5-10H,4H2,1-2H3,(H,20,23). The van der Waals surface area contributed by atoms with Crippen LogP contribution in [0.3, 0.4) is 0 Å². The van der Waals surface area contributed by atoms with Crippen molar-refractivity contribution in [2.45, 2.75) is 20.3 Å².